The van der Waals surface area contributed by atoms with E-state index < -0.39 is 0 Å². The molecule has 1 aliphatic carbocycles. The van der Waals surface area contributed by atoms with Crippen molar-refractivity contribution in [2.45, 2.75) is 32.6 Å². The van der Waals surface area contributed by atoms with Crippen LogP contribution in [0, 0.1) is 11.6 Å². The summed E-state index contributed by atoms with van der Waals surface area (Å²) in [4.78, 5) is 4.66. The van der Waals surface area contributed by atoms with E-state index in [4.69, 9.17) is 12.2 Å². The molecule has 0 fully saturated rings. The number of hydrogen-bond donors (Lipinski definition) is 1. The van der Waals surface area contributed by atoms with Crippen LogP contribution in [-0.4, -0.2) is 14.6 Å². The van der Waals surface area contributed by atoms with Crippen molar-refractivity contribution < 1.29 is 0 Å². The molecule has 2 aromatic rings. The molecule has 1 N–H and O–H groups in total. The second-order valence-electron chi connectivity index (χ2n) is 4.18. The van der Waals surface area contributed by atoms with Gasteiger partial charge in [0.05, 0.1) is 0 Å². The molecule has 4 heteroatoms. The lowest BCUT2D eigenvalue weighted by Gasteiger charge is -2.14. The molecule has 0 saturated carbocycles. The summed E-state index contributed by atoms with van der Waals surface area (Å²) in [6.07, 6.45) is 4.65. The van der Waals surface area contributed by atoms with Gasteiger partial charge in [-0.2, -0.15) is 0 Å². The summed E-state index contributed by atoms with van der Waals surface area (Å²) in [6.45, 7) is 2.03. The Morgan fingerprint density at radius 2 is 2.20 bits per heavy atom. The zero-order valence-electron chi connectivity index (χ0n) is 8.71. The van der Waals surface area contributed by atoms with Crippen LogP contribution in [0.3, 0.4) is 0 Å². The lowest BCUT2D eigenvalue weighted by atomic mass is 9.97. The Kier molecular flexibility index (Phi) is 1.92. The number of H-pyrrole nitrogens is 1. The maximum Gasteiger partial charge on any atom is 0.154 e. The number of rotatable bonds is 0. The van der Waals surface area contributed by atoms with Crippen LogP contribution in [0.4, 0.5) is 0 Å². The average Bonchev–Trinajstić information content (AvgIpc) is 2.59. The molecule has 3 nitrogen and oxygen atoms in total. The van der Waals surface area contributed by atoms with Crippen molar-refractivity contribution in [3.63, 3.8) is 0 Å². The summed E-state index contributed by atoms with van der Waals surface area (Å²) < 4.78 is 2.84. The van der Waals surface area contributed by atoms with Crippen LogP contribution in [0.1, 0.15) is 29.8 Å². The minimum Gasteiger partial charge on any atom is -0.296 e. The number of aryl methyl sites for hydroxylation is 2. The number of nitrogens with zero attached hydrogens (tertiary/aromatic N) is 2. The molecule has 0 spiro atoms. The normalized spacial score (nSPS) is 15.5. The van der Waals surface area contributed by atoms with Gasteiger partial charge in [-0.1, -0.05) is 12.2 Å². The van der Waals surface area contributed by atoms with Crippen LogP contribution < -0.4 is 0 Å². The van der Waals surface area contributed by atoms with Gasteiger partial charge in [0.1, 0.15) is 4.64 Å². The summed E-state index contributed by atoms with van der Waals surface area (Å²) in [7, 11) is 0. The minimum atomic E-state index is 0.919. The maximum absolute atomic E-state index is 5.49. The van der Waals surface area contributed by atoms with Gasteiger partial charge in [-0.3, -0.25) is 5.10 Å². The van der Waals surface area contributed by atoms with Crippen LogP contribution >= 0.6 is 12.2 Å². The number of nitrogens with one attached hydrogen (secondary N) is 1. The predicted molar refractivity (Wildman–Crippen MR) is 61.8 cm³/mol. The molecule has 15 heavy (non-hydrogen) atoms. The van der Waals surface area contributed by atoms with E-state index >= 15 is 0 Å². The second kappa shape index (κ2) is 3.17. The van der Waals surface area contributed by atoms with Crippen molar-refractivity contribution in [3.05, 3.63) is 27.7 Å². The fraction of sp³-hybridized carbons (Fsp3) is 0.455. The van der Waals surface area contributed by atoms with Gasteiger partial charge in [-0.15, -0.1) is 0 Å². The molecule has 0 atom stereocenters. The number of aromatic nitrogens is 3. The Labute approximate surface area is 93.1 Å². The highest BCUT2D eigenvalue weighted by Gasteiger charge is 2.14. The average molecular weight is 219 g/mol. The Hall–Kier alpha value is -1.16. The van der Waals surface area contributed by atoms with E-state index in [9.17, 15) is 0 Å². The monoisotopic (exact) mass is 219 g/mol. The Morgan fingerprint density at radius 1 is 1.40 bits per heavy atom. The van der Waals surface area contributed by atoms with Gasteiger partial charge in [-0.05, 0) is 32.6 Å². The molecule has 0 amide bonds. The van der Waals surface area contributed by atoms with Gasteiger partial charge < -0.3 is 0 Å². The van der Waals surface area contributed by atoms with Gasteiger partial charge >= 0.3 is 0 Å². The topological polar surface area (TPSA) is 33.1 Å². The number of fused-ring (bicyclic) bond motifs is 2. The van der Waals surface area contributed by atoms with E-state index in [1.54, 1.807) is 0 Å². The first-order chi connectivity index (χ1) is 7.25. The highest BCUT2D eigenvalue weighted by atomic mass is 32.1. The smallest absolute Gasteiger partial charge is 0.154 e. The van der Waals surface area contributed by atoms with Gasteiger partial charge in [0, 0.05) is 23.0 Å². The molecule has 2 aromatic heterocycles. The third kappa shape index (κ3) is 1.32. The van der Waals surface area contributed by atoms with Crippen molar-refractivity contribution in [2.75, 3.05) is 0 Å². The zero-order chi connectivity index (χ0) is 10.4. The second-order valence-corrected chi connectivity index (χ2v) is 4.57. The Bertz CT molecular complexity index is 579. The van der Waals surface area contributed by atoms with Crippen LogP contribution in [0.5, 0.6) is 0 Å². The van der Waals surface area contributed by atoms with Gasteiger partial charge in [0.15, 0.2) is 5.65 Å². The predicted octanol–water partition coefficient (Wildman–Crippen LogP) is 2.58. The summed E-state index contributed by atoms with van der Waals surface area (Å²) in [6, 6.07) is 2.05. The molecule has 78 valence electrons. The van der Waals surface area contributed by atoms with Crippen LogP contribution in [0.2, 0.25) is 0 Å². The fourth-order valence-corrected chi connectivity index (χ4v) is 2.64. The molecule has 1 aliphatic rings. The molecule has 0 aromatic carbocycles. The third-order valence-corrected chi connectivity index (χ3v) is 3.44. The van der Waals surface area contributed by atoms with E-state index in [0.717, 1.165) is 28.8 Å². The highest BCUT2D eigenvalue weighted by Crippen LogP contribution is 2.21. The molecule has 2 heterocycles. The van der Waals surface area contributed by atoms with Crippen LogP contribution in [0.15, 0.2) is 6.07 Å². The van der Waals surface area contributed by atoms with Crippen molar-refractivity contribution in [2.24, 2.45) is 0 Å². The van der Waals surface area contributed by atoms with Crippen molar-refractivity contribution in [1.82, 2.24) is 14.6 Å². The Morgan fingerprint density at radius 3 is 3.07 bits per heavy atom. The van der Waals surface area contributed by atoms with Gasteiger partial charge in [0.2, 0.25) is 0 Å². The first-order valence-electron chi connectivity index (χ1n) is 5.36. The lowest BCUT2D eigenvalue weighted by molar-refractivity contribution is 0.656. The molecule has 3 rings (SSSR count). The number of hydrogen-bond acceptors (Lipinski definition) is 2. The minimum absolute atomic E-state index is 0.919. The van der Waals surface area contributed by atoms with Gasteiger partial charge in [0.25, 0.3) is 0 Å². The van der Waals surface area contributed by atoms with E-state index in [-0.39, 0.29) is 0 Å². The zero-order valence-corrected chi connectivity index (χ0v) is 9.52. The maximum atomic E-state index is 5.49. The lowest BCUT2D eigenvalue weighted by Crippen LogP contribution is -2.09. The van der Waals surface area contributed by atoms with Crippen molar-refractivity contribution in [3.8, 4) is 0 Å². The summed E-state index contributed by atoms with van der Waals surface area (Å²) in [5.74, 6) is 0. The molecule has 0 unspecified atom stereocenters. The first-order valence-corrected chi connectivity index (χ1v) is 5.76. The fourth-order valence-electron chi connectivity index (χ4n) is 2.28. The Balaban J connectivity index is 2.40. The molecule has 0 radical (unpaired) electrons. The summed E-state index contributed by atoms with van der Waals surface area (Å²) in [5.41, 5.74) is 4.55. The van der Waals surface area contributed by atoms with Crippen molar-refractivity contribution >= 4 is 17.9 Å². The largest absolute Gasteiger partial charge is 0.296 e. The van der Waals surface area contributed by atoms with Gasteiger partial charge in [-0.25, -0.2) is 9.50 Å². The van der Waals surface area contributed by atoms with E-state index in [1.807, 2.05) is 17.5 Å². The molecule has 0 aliphatic heterocycles. The summed E-state index contributed by atoms with van der Waals surface area (Å²) in [5, 5.41) is 3.23. The third-order valence-electron chi connectivity index (χ3n) is 3.01. The van der Waals surface area contributed by atoms with Crippen molar-refractivity contribution in [1.29, 1.82) is 0 Å². The molecule has 0 bridgehead atoms. The quantitative estimate of drug-likeness (QED) is 0.691. The molecular weight excluding hydrogens is 206 g/mol. The van der Waals surface area contributed by atoms with E-state index in [2.05, 4.69) is 10.1 Å². The number of aromatic amines is 1. The summed E-state index contributed by atoms with van der Waals surface area (Å²) >= 11 is 5.49. The highest BCUT2D eigenvalue weighted by molar-refractivity contribution is 7.71. The first kappa shape index (κ1) is 9.09. The SMILES string of the molecule is Cc1cc2nc3c(c(=S)n2[nH]1)CCCC3. The van der Waals surface area contributed by atoms with Crippen LogP contribution in [-0.2, 0) is 12.8 Å². The van der Waals surface area contributed by atoms with E-state index in [1.165, 1.54) is 24.1 Å². The molecule has 0 saturated heterocycles. The molecular formula is C11H13N3S. The van der Waals surface area contributed by atoms with Crippen LogP contribution in [0.25, 0.3) is 5.65 Å². The standard InChI is InChI=1S/C11H13N3S/c1-7-6-10-12-9-5-3-2-4-8(9)11(15)14(10)13-7/h6,13H,2-5H2,1H3. The van der Waals surface area contributed by atoms with E-state index in [0.29, 0.717) is 0 Å².